The molecular weight excluding hydrogens is 512 g/mol. The third kappa shape index (κ3) is 3.64. The van der Waals surface area contributed by atoms with Crippen LogP contribution in [-0.4, -0.2) is 37.2 Å². The highest BCUT2D eigenvalue weighted by atomic mass is 79.9. The van der Waals surface area contributed by atoms with E-state index in [0.717, 1.165) is 30.5 Å². The molecule has 1 amide bonds. The number of phenols is 1. The van der Waals surface area contributed by atoms with E-state index in [1.165, 1.54) is 0 Å². The minimum Gasteiger partial charge on any atom is -0.505 e. The van der Waals surface area contributed by atoms with Gasteiger partial charge in [0.25, 0.3) is 5.91 Å². The Morgan fingerprint density at radius 3 is 2.47 bits per heavy atom. The molecule has 5 nitrogen and oxygen atoms in total. The van der Waals surface area contributed by atoms with Gasteiger partial charge in [-0.2, -0.15) is 0 Å². The largest absolute Gasteiger partial charge is 0.505 e. The molecule has 0 spiro atoms. The second-order valence-corrected chi connectivity index (χ2v) is 10.2. The van der Waals surface area contributed by atoms with Gasteiger partial charge in [0.15, 0.2) is 16.7 Å². The van der Waals surface area contributed by atoms with E-state index in [9.17, 15) is 14.1 Å². The number of phenolic OH excluding ortho intramolecular Hbond substituents is 1. The van der Waals surface area contributed by atoms with Crippen LogP contribution in [0.25, 0.3) is 22.2 Å². The second kappa shape index (κ2) is 8.39. The molecule has 1 saturated heterocycles. The number of benzene rings is 3. The molecule has 0 radical (unpaired) electrons. The van der Waals surface area contributed by atoms with Gasteiger partial charge in [-0.05, 0) is 42.3 Å². The topological polar surface area (TPSA) is 62.5 Å². The van der Waals surface area contributed by atoms with Crippen molar-refractivity contribution in [2.45, 2.75) is 11.3 Å². The molecule has 1 fully saturated rings. The highest BCUT2D eigenvalue weighted by Gasteiger charge is 2.25. The summed E-state index contributed by atoms with van der Waals surface area (Å²) >= 11 is 9.51. The molecule has 1 aromatic heterocycles. The van der Waals surface area contributed by atoms with E-state index in [2.05, 4.69) is 15.9 Å². The van der Waals surface area contributed by atoms with Crippen LogP contribution in [0.15, 0.2) is 76.1 Å². The Balaban J connectivity index is 1.74. The number of fused-ring (bicyclic) bond motifs is 1. The first-order chi connectivity index (χ1) is 15.4. The van der Waals surface area contributed by atoms with Gasteiger partial charge in [-0.1, -0.05) is 63.9 Å². The molecule has 1 aliphatic heterocycles. The SMILES string of the molecule is O=C(c1ccc2cc(-c3ccccc3)n(S(=O)c3cc(Br)cc(Cl)c3O)c2c1)N1CCC1. The maximum atomic E-state index is 13.9. The lowest BCUT2D eigenvalue weighted by atomic mass is 10.1. The Kier molecular flexibility index (Phi) is 5.57. The van der Waals surface area contributed by atoms with Crippen molar-refractivity contribution >= 4 is 55.3 Å². The lowest BCUT2D eigenvalue weighted by Gasteiger charge is -2.30. The number of rotatable bonds is 4. The van der Waals surface area contributed by atoms with Gasteiger partial charge >= 0.3 is 0 Å². The fourth-order valence-corrected chi connectivity index (χ4v) is 6.16. The number of carbonyl (C=O) groups excluding carboxylic acids is 1. The average molecular weight is 530 g/mol. The molecule has 1 N–H and O–H groups in total. The fourth-order valence-electron chi connectivity index (χ4n) is 3.77. The number of nitrogens with zero attached hydrogens (tertiary/aromatic N) is 2. The van der Waals surface area contributed by atoms with Gasteiger partial charge in [-0.3, -0.25) is 8.77 Å². The van der Waals surface area contributed by atoms with E-state index in [0.29, 0.717) is 21.2 Å². The minimum absolute atomic E-state index is 0.0358. The predicted molar refractivity (Wildman–Crippen MR) is 131 cm³/mol. The molecule has 0 aliphatic carbocycles. The van der Waals surface area contributed by atoms with Crippen LogP contribution in [0.5, 0.6) is 5.75 Å². The molecule has 162 valence electrons. The standard InChI is InChI=1S/C24H18BrClN2O3S/c25-18-13-19(26)23(29)22(14-18)32(31)28-20(15-5-2-1-3-6-15)11-16-7-8-17(12-21(16)28)24(30)27-9-4-10-27/h1-3,5-8,11-14,29H,4,9-10H2. The molecule has 8 heteroatoms. The zero-order chi connectivity index (χ0) is 22.4. The van der Waals surface area contributed by atoms with E-state index >= 15 is 0 Å². The summed E-state index contributed by atoms with van der Waals surface area (Å²) in [6.07, 6.45) is 1.01. The van der Waals surface area contributed by atoms with Crippen molar-refractivity contribution in [1.82, 2.24) is 8.87 Å². The summed E-state index contributed by atoms with van der Waals surface area (Å²) in [6.45, 7) is 1.51. The van der Waals surface area contributed by atoms with E-state index in [1.54, 1.807) is 33.1 Å². The number of halogens is 2. The van der Waals surface area contributed by atoms with Gasteiger partial charge in [0.05, 0.1) is 16.2 Å². The lowest BCUT2D eigenvalue weighted by Crippen LogP contribution is -2.42. The van der Waals surface area contributed by atoms with Gasteiger partial charge in [0, 0.05) is 28.5 Å². The van der Waals surface area contributed by atoms with Crippen LogP contribution < -0.4 is 0 Å². The van der Waals surface area contributed by atoms with Crippen molar-refractivity contribution in [3.05, 3.63) is 81.8 Å². The highest BCUT2D eigenvalue weighted by molar-refractivity contribution is 9.10. The molecule has 1 unspecified atom stereocenters. The molecular formula is C24H18BrClN2O3S. The average Bonchev–Trinajstić information content (AvgIpc) is 3.14. The summed E-state index contributed by atoms with van der Waals surface area (Å²) in [6, 6.07) is 20.1. The summed E-state index contributed by atoms with van der Waals surface area (Å²) in [7, 11) is -1.83. The van der Waals surface area contributed by atoms with Gasteiger partial charge in [0.1, 0.15) is 4.90 Å². The Hall–Kier alpha value is -2.61. The van der Waals surface area contributed by atoms with Crippen molar-refractivity contribution in [2.24, 2.45) is 0 Å². The molecule has 1 aliphatic rings. The minimum atomic E-state index is -1.83. The Labute approximate surface area is 200 Å². The summed E-state index contributed by atoms with van der Waals surface area (Å²) in [4.78, 5) is 14.8. The van der Waals surface area contributed by atoms with Crippen molar-refractivity contribution < 1.29 is 14.1 Å². The Morgan fingerprint density at radius 2 is 1.78 bits per heavy atom. The summed E-state index contributed by atoms with van der Waals surface area (Å²) in [5.41, 5.74) is 2.77. The molecule has 0 bridgehead atoms. The van der Waals surface area contributed by atoms with E-state index in [-0.39, 0.29) is 21.6 Å². The van der Waals surface area contributed by atoms with Crippen LogP contribution in [0, 0.1) is 0 Å². The number of aromatic nitrogens is 1. The normalized spacial score (nSPS) is 14.4. The number of hydrogen-bond acceptors (Lipinski definition) is 3. The maximum Gasteiger partial charge on any atom is 0.253 e. The highest BCUT2D eigenvalue weighted by Crippen LogP contribution is 2.37. The third-order valence-electron chi connectivity index (χ3n) is 5.57. The van der Waals surface area contributed by atoms with E-state index in [1.807, 2.05) is 42.5 Å². The Bertz CT molecular complexity index is 1380. The van der Waals surface area contributed by atoms with Crippen LogP contribution in [-0.2, 0) is 11.0 Å². The van der Waals surface area contributed by atoms with Crippen LogP contribution in [0.1, 0.15) is 16.8 Å². The zero-order valence-corrected chi connectivity index (χ0v) is 20.0. The number of likely N-dealkylation sites (tertiary alicyclic amines) is 1. The molecule has 4 aromatic rings. The lowest BCUT2D eigenvalue weighted by molar-refractivity contribution is 0.0652. The van der Waals surface area contributed by atoms with E-state index in [4.69, 9.17) is 11.6 Å². The number of amides is 1. The summed E-state index contributed by atoms with van der Waals surface area (Å²) < 4.78 is 16.1. The molecule has 5 rings (SSSR count). The third-order valence-corrected chi connectivity index (χ3v) is 7.73. The molecule has 3 aromatic carbocycles. The second-order valence-electron chi connectivity index (χ2n) is 7.59. The van der Waals surface area contributed by atoms with Crippen molar-refractivity contribution in [1.29, 1.82) is 0 Å². The van der Waals surface area contributed by atoms with Gasteiger partial charge in [-0.15, -0.1) is 0 Å². The van der Waals surface area contributed by atoms with Crippen LogP contribution in [0.3, 0.4) is 0 Å². The molecule has 0 saturated carbocycles. The van der Waals surface area contributed by atoms with Crippen LogP contribution >= 0.6 is 27.5 Å². The fraction of sp³-hybridized carbons (Fsp3) is 0.125. The van der Waals surface area contributed by atoms with Crippen molar-refractivity contribution in [3.63, 3.8) is 0 Å². The number of aromatic hydroxyl groups is 1. The zero-order valence-electron chi connectivity index (χ0n) is 16.8. The molecule has 1 atom stereocenters. The monoisotopic (exact) mass is 528 g/mol. The first kappa shape index (κ1) is 21.2. The van der Waals surface area contributed by atoms with E-state index < -0.39 is 11.0 Å². The smallest absolute Gasteiger partial charge is 0.253 e. The maximum absolute atomic E-state index is 13.9. The summed E-state index contributed by atoms with van der Waals surface area (Å²) in [5.74, 6) is -0.270. The van der Waals surface area contributed by atoms with Gasteiger partial charge < -0.3 is 10.0 Å². The van der Waals surface area contributed by atoms with Crippen molar-refractivity contribution in [3.8, 4) is 17.0 Å². The molecule has 2 heterocycles. The van der Waals surface area contributed by atoms with Crippen molar-refractivity contribution in [2.75, 3.05) is 13.1 Å². The quantitative estimate of drug-likeness (QED) is 0.361. The molecule has 32 heavy (non-hydrogen) atoms. The van der Waals surface area contributed by atoms with Crippen LogP contribution in [0.2, 0.25) is 5.02 Å². The summed E-state index contributed by atoms with van der Waals surface area (Å²) in [5, 5.41) is 11.5. The predicted octanol–water partition coefficient (Wildman–Crippen LogP) is 5.85. The first-order valence-corrected chi connectivity index (χ1v) is 12.3. The Morgan fingerprint density at radius 1 is 1.03 bits per heavy atom. The van der Waals surface area contributed by atoms with Crippen LogP contribution in [0.4, 0.5) is 0 Å². The van der Waals surface area contributed by atoms with Gasteiger partial charge in [0.2, 0.25) is 0 Å². The first-order valence-electron chi connectivity index (χ1n) is 10.0. The number of hydrogen-bond donors (Lipinski definition) is 1. The number of carbonyl (C=O) groups is 1. The van der Waals surface area contributed by atoms with Gasteiger partial charge in [-0.25, -0.2) is 4.21 Å².